The van der Waals surface area contributed by atoms with Crippen molar-refractivity contribution in [3.05, 3.63) is 18.3 Å². The van der Waals surface area contributed by atoms with Crippen LogP contribution in [0.15, 0.2) is 18.3 Å². The van der Waals surface area contributed by atoms with Crippen molar-refractivity contribution >= 4 is 23.3 Å². The van der Waals surface area contributed by atoms with Gasteiger partial charge in [0.15, 0.2) is 5.82 Å². The van der Waals surface area contributed by atoms with Crippen molar-refractivity contribution in [3.8, 4) is 0 Å². The highest BCUT2D eigenvalue weighted by molar-refractivity contribution is 6.18. The third-order valence-electron chi connectivity index (χ3n) is 1.38. The highest BCUT2D eigenvalue weighted by atomic mass is 35.5. The van der Waals surface area contributed by atoms with Crippen molar-refractivity contribution in [1.82, 2.24) is 10.2 Å². The third kappa shape index (κ3) is 3.85. The fourth-order valence-corrected chi connectivity index (χ4v) is 0.935. The summed E-state index contributed by atoms with van der Waals surface area (Å²) in [5.41, 5.74) is 0. The molecule has 1 aromatic rings. The number of hydrogen-bond acceptors (Lipinski definition) is 3. The number of carbonyl (C=O) groups is 1. The molecule has 0 saturated heterocycles. The summed E-state index contributed by atoms with van der Waals surface area (Å²) in [6.07, 6.45) is 2.64. The second-order valence-electron chi connectivity index (χ2n) is 2.45. The Morgan fingerprint density at radius 1 is 1.62 bits per heavy atom. The Morgan fingerprint density at radius 3 is 3.08 bits per heavy atom. The number of anilines is 1. The van der Waals surface area contributed by atoms with Crippen LogP contribution in [0, 0.1) is 0 Å². The summed E-state index contributed by atoms with van der Waals surface area (Å²) >= 11 is 5.44. The van der Waals surface area contributed by atoms with Crippen LogP contribution in [0.5, 0.6) is 0 Å². The molecule has 0 fully saturated rings. The van der Waals surface area contributed by atoms with Crippen LogP contribution < -0.4 is 5.32 Å². The number of nitrogens with zero attached hydrogens (tertiary/aromatic N) is 2. The molecule has 0 aliphatic heterocycles. The highest BCUT2D eigenvalue weighted by Crippen LogP contribution is 2.00. The molecule has 0 aliphatic carbocycles. The maximum absolute atomic E-state index is 11.1. The van der Waals surface area contributed by atoms with E-state index in [1.54, 1.807) is 18.3 Å². The van der Waals surface area contributed by atoms with E-state index in [1.807, 2.05) is 0 Å². The van der Waals surface area contributed by atoms with Crippen molar-refractivity contribution in [2.45, 2.75) is 12.8 Å². The predicted octanol–water partition coefficient (Wildman–Crippen LogP) is 1.43. The van der Waals surface area contributed by atoms with Gasteiger partial charge in [0.1, 0.15) is 0 Å². The van der Waals surface area contributed by atoms with Gasteiger partial charge in [-0.15, -0.1) is 16.7 Å². The average molecular weight is 200 g/mol. The Hall–Kier alpha value is -1.16. The normalized spacial score (nSPS) is 9.62. The number of hydrogen-bond donors (Lipinski definition) is 1. The van der Waals surface area contributed by atoms with Gasteiger partial charge in [0.25, 0.3) is 0 Å². The Bertz CT molecular complexity index is 265. The number of amides is 1. The molecule has 1 amide bonds. The van der Waals surface area contributed by atoms with Gasteiger partial charge >= 0.3 is 0 Å². The van der Waals surface area contributed by atoms with Crippen LogP contribution in [0.2, 0.25) is 0 Å². The SMILES string of the molecule is O=C(CCCCl)Nc1cccnn1. The number of alkyl halides is 1. The number of aromatic nitrogens is 2. The summed E-state index contributed by atoms with van der Waals surface area (Å²) in [6.45, 7) is 0. The van der Waals surface area contributed by atoms with Gasteiger partial charge < -0.3 is 5.32 Å². The van der Waals surface area contributed by atoms with Gasteiger partial charge in [0.2, 0.25) is 5.91 Å². The lowest BCUT2D eigenvalue weighted by atomic mass is 10.3. The molecule has 1 N–H and O–H groups in total. The Morgan fingerprint density at radius 2 is 2.46 bits per heavy atom. The van der Waals surface area contributed by atoms with Crippen molar-refractivity contribution in [1.29, 1.82) is 0 Å². The van der Waals surface area contributed by atoms with Crippen LogP contribution in [0.25, 0.3) is 0 Å². The number of carbonyl (C=O) groups excluding carboxylic acids is 1. The Balaban J connectivity index is 2.37. The van der Waals surface area contributed by atoms with Crippen molar-refractivity contribution in [3.63, 3.8) is 0 Å². The van der Waals surface area contributed by atoms with Crippen molar-refractivity contribution in [2.75, 3.05) is 11.2 Å². The van der Waals surface area contributed by atoms with Crippen LogP contribution in [0.4, 0.5) is 5.82 Å². The monoisotopic (exact) mass is 199 g/mol. The minimum Gasteiger partial charge on any atom is -0.309 e. The Kier molecular flexibility index (Phi) is 4.18. The lowest BCUT2D eigenvalue weighted by molar-refractivity contribution is -0.116. The maximum Gasteiger partial charge on any atom is 0.225 e. The quantitative estimate of drug-likeness (QED) is 0.747. The summed E-state index contributed by atoms with van der Waals surface area (Å²) in [5.74, 6) is 0.886. The Labute approximate surface area is 81.3 Å². The van der Waals surface area contributed by atoms with E-state index in [9.17, 15) is 4.79 Å². The zero-order valence-corrected chi connectivity index (χ0v) is 7.79. The van der Waals surface area contributed by atoms with Gasteiger partial charge in [0, 0.05) is 18.5 Å². The van der Waals surface area contributed by atoms with Crippen LogP contribution in [0.3, 0.4) is 0 Å². The number of rotatable bonds is 4. The number of halogens is 1. The zero-order valence-electron chi connectivity index (χ0n) is 7.03. The standard InChI is InChI=1S/C8H10ClN3O/c9-5-1-4-8(13)11-7-3-2-6-10-12-7/h2-3,6H,1,4-5H2,(H,11,12,13). The molecule has 4 nitrogen and oxygen atoms in total. The van der Waals surface area contributed by atoms with Crippen molar-refractivity contribution in [2.24, 2.45) is 0 Å². The second-order valence-corrected chi connectivity index (χ2v) is 2.83. The van der Waals surface area contributed by atoms with E-state index in [0.717, 1.165) is 0 Å². The molecule has 0 bridgehead atoms. The molecule has 0 aliphatic rings. The van der Waals surface area contributed by atoms with Crippen LogP contribution in [-0.2, 0) is 4.79 Å². The molecule has 0 radical (unpaired) electrons. The summed E-state index contributed by atoms with van der Waals surface area (Å²) in [5, 5.41) is 9.94. The first-order valence-electron chi connectivity index (χ1n) is 3.96. The third-order valence-corrected chi connectivity index (χ3v) is 1.64. The maximum atomic E-state index is 11.1. The van der Waals surface area contributed by atoms with Gasteiger partial charge in [0.05, 0.1) is 0 Å². The molecular weight excluding hydrogens is 190 g/mol. The summed E-state index contributed by atoms with van der Waals surface area (Å²) in [4.78, 5) is 11.1. The molecule has 1 rings (SSSR count). The largest absolute Gasteiger partial charge is 0.309 e. The molecule has 0 saturated carbocycles. The molecule has 5 heteroatoms. The molecule has 0 atom stereocenters. The second kappa shape index (κ2) is 5.48. The lowest BCUT2D eigenvalue weighted by Crippen LogP contribution is -2.12. The molecule has 70 valence electrons. The van der Waals surface area contributed by atoms with Crippen LogP contribution >= 0.6 is 11.6 Å². The van der Waals surface area contributed by atoms with E-state index in [0.29, 0.717) is 24.5 Å². The number of nitrogens with one attached hydrogen (secondary N) is 1. The first-order chi connectivity index (χ1) is 6.33. The lowest BCUT2D eigenvalue weighted by Gasteiger charge is -2.00. The van der Waals surface area contributed by atoms with E-state index in [4.69, 9.17) is 11.6 Å². The molecular formula is C8H10ClN3O. The minimum atomic E-state index is -0.0823. The van der Waals surface area contributed by atoms with Crippen LogP contribution in [0.1, 0.15) is 12.8 Å². The van der Waals surface area contributed by atoms with Gasteiger partial charge in [-0.1, -0.05) is 0 Å². The smallest absolute Gasteiger partial charge is 0.225 e. The zero-order chi connectivity index (χ0) is 9.52. The fourth-order valence-electron chi connectivity index (χ4n) is 0.801. The molecule has 1 heterocycles. The highest BCUT2D eigenvalue weighted by Gasteiger charge is 2.01. The van der Waals surface area contributed by atoms with E-state index >= 15 is 0 Å². The van der Waals surface area contributed by atoms with E-state index < -0.39 is 0 Å². The molecule has 13 heavy (non-hydrogen) atoms. The molecule has 0 aromatic carbocycles. The molecule has 1 aromatic heterocycles. The summed E-state index contributed by atoms with van der Waals surface area (Å²) in [7, 11) is 0. The minimum absolute atomic E-state index is 0.0823. The predicted molar refractivity (Wildman–Crippen MR) is 50.6 cm³/mol. The van der Waals surface area contributed by atoms with Crippen LogP contribution in [-0.4, -0.2) is 22.0 Å². The van der Waals surface area contributed by atoms with Gasteiger partial charge in [-0.2, -0.15) is 5.10 Å². The molecule has 0 spiro atoms. The van der Waals surface area contributed by atoms with Gasteiger partial charge in [-0.3, -0.25) is 4.79 Å². The average Bonchev–Trinajstić information content (AvgIpc) is 2.16. The van der Waals surface area contributed by atoms with E-state index in [2.05, 4.69) is 15.5 Å². The topological polar surface area (TPSA) is 54.9 Å². The van der Waals surface area contributed by atoms with E-state index in [-0.39, 0.29) is 5.91 Å². The first kappa shape index (κ1) is 9.92. The summed E-state index contributed by atoms with van der Waals surface area (Å²) in [6, 6.07) is 3.40. The first-order valence-corrected chi connectivity index (χ1v) is 4.50. The van der Waals surface area contributed by atoms with Gasteiger partial charge in [-0.25, -0.2) is 0 Å². The van der Waals surface area contributed by atoms with Gasteiger partial charge in [-0.05, 0) is 18.6 Å². The van der Waals surface area contributed by atoms with E-state index in [1.165, 1.54) is 0 Å². The summed E-state index contributed by atoms with van der Waals surface area (Å²) < 4.78 is 0. The molecule has 0 unspecified atom stereocenters. The van der Waals surface area contributed by atoms with Crippen molar-refractivity contribution < 1.29 is 4.79 Å². The fraction of sp³-hybridized carbons (Fsp3) is 0.375.